The Morgan fingerprint density at radius 1 is 1.21 bits per heavy atom. The Bertz CT molecular complexity index is 812. The molecule has 2 aromatic carbocycles. The Morgan fingerprint density at radius 2 is 2.04 bits per heavy atom. The van der Waals surface area contributed by atoms with Gasteiger partial charge in [-0.2, -0.15) is 0 Å². The predicted molar refractivity (Wildman–Crippen MR) is 93.7 cm³/mol. The summed E-state index contributed by atoms with van der Waals surface area (Å²) in [7, 11) is 1.97. The van der Waals surface area contributed by atoms with Crippen molar-refractivity contribution < 1.29 is 9.53 Å². The van der Waals surface area contributed by atoms with E-state index in [9.17, 15) is 4.79 Å². The van der Waals surface area contributed by atoms with E-state index in [4.69, 9.17) is 4.74 Å². The van der Waals surface area contributed by atoms with E-state index in [1.54, 1.807) is 6.33 Å². The van der Waals surface area contributed by atoms with Crippen molar-refractivity contribution in [1.82, 2.24) is 14.9 Å². The Balaban J connectivity index is 1.40. The minimum Gasteiger partial charge on any atom is -0.494 e. The Morgan fingerprint density at radius 3 is 2.88 bits per heavy atom. The number of nitrogens with one attached hydrogen (secondary N) is 1. The van der Waals surface area contributed by atoms with Crippen LogP contribution in [0.25, 0.3) is 11.0 Å². The first kappa shape index (κ1) is 16.1. The molecule has 0 aliphatic rings. The summed E-state index contributed by atoms with van der Waals surface area (Å²) in [5.41, 5.74) is 3.08. The number of benzene rings is 2. The largest absolute Gasteiger partial charge is 0.494 e. The van der Waals surface area contributed by atoms with Crippen LogP contribution in [0.15, 0.2) is 54.9 Å². The maximum Gasteiger partial charge on any atom is 0.220 e. The zero-order valence-electron chi connectivity index (χ0n) is 13.7. The second kappa shape index (κ2) is 7.64. The number of aromatic nitrogens is 2. The molecule has 1 aromatic heterocycles. The van der Waals surface area contributed by atoms with Crippen molar-refractivity contribution in [3.63, 3.8) is 0 Å². The third-order valence-corrected chi connectivity index (χ3v) is 3.84. The predicted octanol–water partition coefficient (Wildman–Crippen LogP) is 3.05. The molecule has 0 bridgehead atoms. The molecule has 0 unspecified atom stereocenters. The van der Waals surface area contributed by atoms with Gasteiger partial charge in [0.25, 0.3) is 0 Å². The molecule has 0 fully saturated rings. The molecule has 1 N–H and O–H groups in total. The molecule has 0 aliphatic carbocycles. The monoisotopic (exact) mass is 323 g/mol. The number of aryl methyl sites for hydroxylation is 1. The lowest BCUT2D eigenvalue weighted by Gasteiger charge is -2.07. The van der Waals surface area contributed by atoms with Gasteiger partial charge in [0.05, 0.1) is 24.0 Å². The molecule has 5 heteroatoms. The molecule has 3 rings (SSSR count). The van der Waals surface area contributed by atoms with Crippen LogP contribution in [0.5, 0.6) is 5.75 Å². The van der Waals surface area contributed by atoms with Gasteiger partial charge in [0, 0.05) is 20.0 Å². The van der Waals surface area contributed by atoms with Gasteiger partial charge in [0.2, 0.25) is 5.91 Å². The van der Waals surface area contributed by atoms with Crippen LogP contribution in [0, 0.1) is 0 Å². The fourth-order valence-corrected chi connectivity index (χ4v) is 2.52. The lowest BCUT2D eigenvalue weighted by Crippen LogP contribution is -2.22. The van der Waals surface area contributed by atoms with Crippen LogP contribution in [0.2, 0.25) is 0 Å². The van der Waals surface area contributed by atoms with E-state index in [2.05, 4.69) is 10.3 Å². The van der Waals surface area contributed by atoms with Crippen LogP contribution in [0.1, 0.15) is 18.4 Å². The van der Waals surface area contributed by atoms with Crippen LogP contribution >= 0.6 is 0 Å². The minimum atomic E-state index is 0.0350. The summed E-state index contributed by atoms with van der Waals surface area (Å²) in [4.78, 5) is 16.2. The van der Waals surface area contributed by atoms with Crippen LogP contribution < -0.4 is 10.1 Å². The van der Waals surface area contributed by atoms with Gasteiger partial charge in [-0.05, 0) is 36.2 Å². The highest BCUT2D eigenvalue weighted by atomic mass is 16.5. The summed E-state index contributed by atoms with van der Waals surface area (Å²) in [5, 5.41) is 2.94. The van der Waals surface area contributed by atoms with Gasteiger partial charge < -0.3 is 14.6 Å². The van der Waals surface area contributed by atoms with Gasteiger partial charge >= 0.3 is 0 Å². The highest BCUT2D eigenvalue weighted by Gasteiger charge is 2.04. The van der Waals surface area contributed by atoms with Gasteiger partial charge in [0.1, 0.15) is 5.75 Å². The fraction of sp³-hybridized carbons (Fsp3) is 0.263. The van der Waals surface area contributed by atoms with Crippen LogP contribution in [0.3, 0.4) is 0 Å². The summed E-state index contributed by atoms with van der Waals surface area (Å²) < 4.78 is 7.56. The van der Waals surface area contributed by atoms with Crippen LogP contribution in [-0.2, 0) is 18.4 Å². The third kappa shape index (κ3) is 4.13. The normalized spacial score (nSPS) is 10.7. The second-order valence-electron chi connectivity index (χ2n) is 5.72. The van der Waals surface area contributed by atoms with Crippen molar-refractivity contribution in [1.29, 1.82) is 0 Å². The van der Waals surface area contributed by atoms with Crippen molar-refractivity contribution in [3.8, 4) is 5.75 Å². The lowest BCUT2D eigenvalue weighted by atomic mass is 10.2. The maximum atomic E-state index is 11.9. The highest BCUT2D eigenvalue weighted by Crippen LogP contribution is 2.14. The number of para-hydroxylation sites is 1. The summed E-state index contributed by atoms with van der Waals surface area (Å²) in [6, 6.07) is 15.7. The summed E-state index contributed by atoms with van der Waals surface area (Å²) in [6.45, 7) is 1.06. The number of ether oxygens (including phenoxy) is 1. The zero-order chi connectivity index (χ0) is 16.8. The smallest absolute Gasteiger partial charge is 0.220 e. The second-order valence-corrected chi connectivity index (χ2v) is 5.72. The molecule has 0 spiro atoms. The van der Waals surface area contributed by atoms with Gasteiger partial charge in [0.15, 0.2) is 0 Å². The first-order valence-corrected chi connectivity index (χ1v) is 8.07. The summed E-state index contributed by atoms with van der Waals surface area (Å²) in [6.07, 6.45) is 2.94. The van der Waals surface area contributed by atoms with E-state index in [0.29, 0.717) is 26.0 Å². The van der Waals surface area contributed by atoms with Crippen molar-refractivity contribution in [2.75, 3.05) is 6.61 Å². The van der Waals surface area contributed by atoms with Crippen LogP contribution in [0.4, 0.5) is 0 Å². The van der Waals surface area contributed by atoms with Crippen molar-refractivity contribution >= 4 is 16.9 Å². The molecule has 24 heavy (non-hydrogen) atoms. The number of carbonyl (C=O) groups is 1. The van der Waals surface area contributed by atoms with Crippen LogP contribution in [-0.4, -0.2) is 22.1 Å². The number of imidazole rings is 1. The number of hydrogen-bond donors (Lipinski definition) is 1. The molecule has 1 heterocycles. The van der Waals surface area contributed by atoms with E-state index in [1.807, 2.05) is 60.1 Å². The SMILES string of the molecule is Cn1cnc2cc(CNC(=O)CCCOc3ccccc3)ccc21. The number of hydrogen-bond acceptors (Lipinski definition) is 3. The molecule has 0 aliphatic heterocycles. The number of fused-ring (bicyclic) bond motifs is 1. The fourth-order valence-electron chi connectivity index (χ4n) is 2.52. The number of nitrogens with zero attached hydrogens (tertiary/aromatic N) is 2. The molecular weight excluding hydrogens is 302 g/mol. The van der Waals surface area contributed by atoms with Gasteiger partial charge in [-0.15, -0.1) is 0 Å². The number of rotatable bonds is 7. The van der Waals surface area contributed by atoms with Gasteiger partial charge in [-0.1, -0.05) is 24.3 Å². The average molecular weight is 323 g/mol. The molecule has 0 saturated heterocycles. The van der Waals surface area contributed by atoms with E-state index in [1.165, 1.54) is 0 Å². The molecular formula is C19H21N3O2. The Labute approximate surface area is 141 Å². The lowest BCUT2D eigenvalue weighted by molar-refractivity contribution is -0.121. The molecule has 1 amide bonds. The molecule has 0 radical (unpaired) electrons. The average Bonchev–Trinajstić information content (AvgIpc) is 2.98. The van der Waals surface area contributed by atoms with Gasteiger partial charge in [-0.25, -0.2) is 4.98 Å². The summed E-state index contributed by atoms with van der Waals surface area (Å²) in [5.74, 6) is 0.870. The van der Waals surface area contributed by atoms with Crippen molar-refractivity contribution in [3.05, 3.63) is 60.4 Å². The summed E-state index contributed by atoms with van der Waals surface area (Å²) >= 11 is 0. The van der Waals surface area contributed by atoms with E-state index >= 15 is 0 Å². The molecule has 5 nitrogen and oxygen atoms in total. The minimum absolute atomic E-state index is 0.0350. The standard InChI is InChI=1S/C19H21N3O2/c1-22-14-21-17-12-15(9-10-18(17)22)13-20-19(23)8-5-11-24-16-6-3-2-4-7-16/h2-4,6-7,9-10,12,14H,5,8,11,13H2,1H3,(H,20,23). The van der Waals surface area contributed by atoms with E-state index in [0.717, 1.165) is 22.3 Å². The van der Waals surface area contributed by atoms with Crippen molar-refractivity contribution in [2.24, 2.45) is 7.05 Å². The highest BCUT2D eigenvalue weighted by molar-refractivity contribution is 5.77. The molecule has 3 aromatic rings. The van der Waals surface area contributed by atoms with E-state index in [-0.39, 0.29) is 5.91 Å². The Hall–Kier alpha value is -2.82. The van der Waals surface area contributed by atoms with E-state index < -0.39 is 0 Å². The first-order valence-electron chi connectivity index (χ1n) is 8.07. The number of amides is 1. The topological polar surface area (TPSA) is 56.2 Å². The number of carbonyl (C=O) groups excluding carboxylic acids is 1. The zero-order valence-corrected chi connectivity index (χ0v) is 13.7. The molecule has 0 atom stereocenters. The van der Waals surface area contributed by atoms with Crippen molar-refractivity contribution in [2.45, 2.75) is 19.4 Å². The first-order chi connectivity index (χ1) is 11.7. The third-order valence-electron chi connectivity index (χ3n) is 3.84. The maximum absolute atomic E-state index is 11.9. The van der Waals surface area contributed by atoms with Gasteiger partial charge in [-0.3, -0.25) is 4.79 Å². The molecule has 124 valence electrons. The quantitative estimate of drug-likeness (QED) is 0.680. The Kier molecular flexibility index (Phi) is 5.11. The molecule has 0 saturated carbocycles.